The summed E-state index contributed by atoms with van der Waals surface area (Å²) in [5.41, 5.74) is 5.84. The third kappa shape index (κ3) is 2.33. The van der Waals surface area contributed by atoms with E-state index in [9.17, 15) is 4.79 Å². The number of hydrogen-bond donors (Lipinski definition) is 2. The lowest BCUT2D eigenvalue weighted by Crippen LogP contribution is -2.43. The molecule has 4 nitrogen and oxygen atoms in total. The van der Waals surface area contributed by atoms with E-state index in [0.29, 0.717) is 0 Å². The highest BCUT2D eigenvalue weighted by atomic mass is 35.5. The second-order valence-electron chi connectivity index (χ2n) is 3.78. The molecular weight excluding hydrogens is 216 g/mol. The topological polar surface area (TPSA) is 68.3 Å². The van der Waals surface area contributed by atoms with Crippen molar-refractivity contribution in [1.82, 2.24) is 5.32 Å². The fourth-order valence-electron chi connectivity index (χ4n) is 1.84. The first-order chi connectivity index (χ1) is 7.16. The molecule has 0 aliphatic heterocycles. The summed E-state index contributed by atoms with van der Waals surface area (Å²) in [4.78, 5) is 11.6. The van der Waals surface area contributed by atoms with Gasteiger partial charge in [0.15, 0.2) is 11.0 Å². The van der Waals surface area contributed by atoms with Crippen molar-refractivity contribution >= 4 is 17.5 Å². The van der Waals surface area contributed by atoms with Crippen LogP contribution in [0.15, 0.2) is 16.5 Å². The van der Waals surface area contributed by atoms with Crippen LogP contribution in [-0.2, 0) is 0 Å². The lowest BCUT2D eigenvalue weighted by Gasteiger charge is -2.15. The van der Waals surface area contributed by atoms with Crippen molar-refractivity contribution in [3.8, 4) is 0 Å². The average molecular weight is 229 g/mol. The average Bonchev–Trinajstić information content (AvgIpc) is 2.77. The maximum atomic E-state index is 11.6. The van der Waals surface area contributed by atoms with Crippen LogP contribution in [0.5, 0.6) is 0 Å². The molecular formula is C10H13ClN2O2. The van der Waals surface area contributed by atoms with Crippen molar-refractivity contribution in [1.29, 1.82) is 0 Å². The first-order valence-electron chi connectivity index (χ1n) is 4.98. The molecule has 15 heavy (non-hydrogen) atoms. The first kappa shape index (κ1) is 10.5. The summed E-state index contributed by atoms with van der Waals surface area (Å²) in [6.45, 7) is 0. The van der Waals surface area contributed by atoms with Crippen molar-refractivity contribution in [3.05, 3.63) is 23.1 Å². The summed E-state index contributed by atoms with van der Waals surface area (Å²) in [6, 6.07) is 3.21. The van der Waals surface area contributed by atoms with Gasteiger partial charge in [-0.3, -0.25) is 4.79 Å². The van der Waals surface area contributed by atoms with E-state index in [1.807, 2.05) is 0 Å². The highest BCUT2D eigenvalue weighted by molar-refractivity contribution is 6.29. The third-order valence-corrected chi connectivity index (χ3v) is 2.89. The standard InChI is InChI=1S/C10H13ClN2O2/c11-9-5-4-8(15-9)10(14)13-7-3-1-2-6(7)12/h4-7H,1-3,12H2,(H,13,14). The molecule has 1 saturated carbocycles. The maximum Gasteiger partial charge on any atom is 0.287 e. The van der Waals surface area contributed by atoms with E-state index in [0.717, 1.165) is 19.3 Å². The lowest BCUT2D eigenvalue weighted by molar-refractivity contribution is 0.0906. The fourth-order valence-corrected chi connectivity index (χ4v) is 1.99. The van der Waals surface area contributed by atoms with Crippen LogP contribution in [0.2, 0.25) is 5.22 Å². The van der Waals surface area contributed by atoms with Gasteiger partial charge in [0.2, 0.25) is 0 Å². The summed E-state index contributed by atoms with van der Waals surface area (Å²) in [7, 11) is 0. The van der Waals surface area contributed by atoms with Gasteiger partial charge in [0.25, 0.3) is 5.91 Å². The zero-order chi connectivity index (χ0) is 10.8. The SMILES string of the molecule is NC1CCCC1NC(=O)c1ccc(Cl)o1. The number of carbonyl (C=O) groups excluding carboxylic acids is 1. The zero-order valence-electron chi connectivity index (χ0n) is 8.20. The summed E-state index contributed by atoms with van der Waals surface area (Å²) in [5, 5.41) is 3.06. The van der Waals surface area contributed by atoms with Crippen LogP contribution >= 0.6 is 11.6 Å². The molecule has 0 bridgehead atoms. The largest absolute Gasteiger partial charge is 0.440 e. The van der Waals surface area contributed by atoms with Gasteiger partial charge in [-0.05, 0) is 43.0 Å². The van der Waals surface area contributed by atoms with Crippen LogP contribution in [0.25, 0.3) is 0 Å². The van der Waals surface area contributed by atoms with E-state index in [1.54, 1.807) is 12.1 Å². The molecule has 82 valence electrons. The molecule has 0 aromatic carbocycles. The van der Waals surface area contributed by atoms with E-state index in [1.165, 1.54) is 0 Å². The van der Waals surface area contributed by atoms with Crippen LogP contribution in [0.1, 0.15) is 29.8 Å². The fraction of sp³-hybridized carbons (Fsp3) is 0.500. The van der Waals surface area contributed by atoms with Crippen molar-refractivity contribution in [3.63, 3.8) is 0 Å². The molecule has 0 spiro atoms. The second kappa shape index (κ2) is 4.24. The Labute approximate surface area is 92.8 Å². The molecule has 1 aliphatic rings. The van der Waals surface area contributed by atoms with E-state index < -0.39 is 0 Å². The lowest BCUT2D eigenvalue weighted by atomic mass is 10.2. The Bertz CT molecular complexity index is 364. The molecule has 0 radical (unpaired) electrons. The van der Waals surface area contributed by atoms with Crippen LogP contribution < -0.4 is 11.1 Å². The van der Waals surface area contributed by atoms with Gasteiger partial charge in [0.1, 0.15) is 0 Å². The molecule has 5 heteroatoms. The number of furan rings is 1. The van der Waals surface area contributed by atoms with Crippen LogP contribution in [0.3, 0.4) is 0 Å². The van der Waals surface area contributed by atoms with Gasteiger partial charge in [0.05, 0.1) is 0 Å². The Morgan fingerprint density at radius 2 is 2.33 bits per heavy atom. The van der Waals surface area contributed by atoms with Gasteiger partial charge in [-0.1, -0.05) is 0 Å². The summed E-state index contributed by atoms with van der Waals surface area (Å²) in [6.07, 6.45) is 2.95. The van der Waals surface area contributed by atoms with Gasteiger partial charge in [-0.25, -0.2) is 0 Å². The number of nitrogens with one attached hydrogen (secondary N) is 1. The highest BCUT2D eigenvalue weighted by Gasteiger charge is 2.26. The first-order valence-corrected chi connectivity index (χ1v) is 5.36. The molecule has 1 aromatic heterocycles. The van der Waals surface area contributed by atoms with E-state index >= 15 is 0 Å². The van der Waals surface area contributed by atoms with Gasteiger partial charge in [0, 0.05) is 12.1 Å². The van der Waals surface area contributed by atoms with Crippen molar-refractivity contribution in [2.75, 3.05) is 0 Å². The second-order valence-corrected chi connectivity index (χ2v) is 4.15. The molecule has 1 amide bonds. The molecule has 1 fully saturated rings. The van der Waals surface area contributed by atoms with E-state index in [2.05, 4.69) is 5.32 Å². The predicted octanol–water partition coefficient (Wildman–Crippen LogP) is 1.54. The summed E-state index contributed by atoms with van der Waals surface area (Å²) in [5.74, 6) is -0.0108. The number of hydrogen-bond acceptors (Lipinski definition) is 3. The maximum absolute atomic E-state index is 11.6. The van der Waals surface area contributed by atoms with Gasteiger partial charge in [-0.2, -0.15) is 0 Å². The molecule has 0 saturated heterocycles. The number of amides is 1. The summed E-state index contributed by atoms with van der Waals surface area (Å²) >= 11 is 5.58. The molecule has 2 rings (SSSR count). The Morgan fingerprint density at radius 3 is 2.87 bits per heavy atom. The molecule has 1 heterocycles. The Balaban J connectivity index is 1.97. The van der Waals surface area contributed by atoms with Crippen LogP contribution in [0, 0.1) is 0 Å². The quantitative estimate of drug-likeness (QED) is 0.807. The molecule has 2 unspecified atom stereocenters. The van der Waals surface area contributed by atoms with Crippen LogP contribution in [-0.4, -0.2) is 18.0 Å². The van der Waals surface area contributed by atoms with Crippen LogP contribution in [0.4, 0.5) is 0 Å². The smallest absolute Gasteiger partial charge is 0.287 e. The van der Waals surface area contributed by atoms with Gasteiger partial charge >= 0.3 is 0 Å². The molecule has 1 aliphatic carbocycles. The predicted molar refractivity (Wildman–Crippen MR) is 56.8 cm³/mol. The van der Waals surface area contributed by atoms with Crippen molar-refractivity contribution in [2.24, 2.45) is 5.73 Å². The van der Waals surface area contributed by atoms with Crippen molar-refractivity contribution < 1.29 is 9.21 Å². The molecule has 2 atom stereocenters. The number of nitrogens with two attached hydrogens (primary N) is 1. The van der Waals surface area contributed by atoms with Gasteiger partial charge < -0.3 is 15.5 Å². The van der Waals surface area contributed by atoms with E-state index in [-0.39, 0.29) is 29.0 Å². The monoisotopic (exact) mass is 228 g/mol. The highest BCUT2D eigenvalue weighted by Crippen LogP contribution is 2.18. The Kier molecular flexibility index (Phi) is 2.98. The molecule has 1 aromatic rings. The Morgan fingerprint density at radius 1 is 1.53 bits per heavy atom. The minimum Gasteiger partial charge on any atom is -0.440 e. The Hall–Kier alpha value is -1.00. The molecule has 3 N–H and O–H groups in total. The van der Waals surface area contributed by atoms with Crippen molar-refractivity contribution in [2.45, 2.75) is 31.3 Å². The van der Waals surface area contributed by atoms with Gasteiger partial charge in [-0.15, -0.1) is 0 Å². The minimum absolute atomic E-state index is 0.0550. The number of halogens is 1. The number of carbonyl (C=O) groups is 1. The zero-order valence-corrected chi connectivity index (χ0v) is 8.96. The van der Waals surface area contributed by atoms with E-state index in [4.69, 9.17) is 21.8 Å². The number of rotatable bonds is 2. The summed E-state index contributed by atoms with van der Waals surface area (Å²) < 4.78 is 5.00. The minimum atomic E-state index is -0.246. The normalized spacial score (nSPS) is 25.5. The third-order valence-electron chi connectivity index (χ3n) is 2.68.